The smallest absolute Gasteiger partial charge is 1.00 e. The molecule has 62 valence electrons. The quantitative estimate of drug-likeness (QED) is 0.413. The molecular formula is C6H14ClMgN2O+. The van der Waals surface area contributed by atoms with Crippen LogP contribution in [0.15, 0.2) is 0 Å². The van der Waals surface area contributed by atoms with E-state index in [4.69, 9.17) is 0 Å². The molecule has 11 heavy (non-hydrogen) atoms. The zero-order valence-electron chi connectivity index (χ0n) is 6.74. The molecule has 0 aliphatic carbocycles. The van der Waals surface area contributed by atoms with Crippen LogP contribution in [0, 0.1) is 0 Å². The first-order valence-corrected chi connectivity index (χ1v) is 3.16. The fourth-order valence-corrected chi connectivity index (χ4v) is 0.904. The van der Waals surface area contributed by atoms with Gasteiger partial charge in [-0.2, -0.15) is 0 Å². The molecule has 0 aromatic heterocycles. The Morgan fingerprint density at radius 1 is 1.18 bits per heavy atom. The van der Waals surface area contributed by atoms with Gasteiger partial charge in [-0.05, 0) is 12.8 Å². The van der Waals surface area contributed by atoms with Gasteiger partial charge in [0.15, 0.2) is 0 Å². The van der Waals surface area contributed by atoms with Crippen LogP contribution < -0.4 is 23.9 Å². The summed E-state index contributed by atoms with van der Waals surface area (Å²) in [5.41, 5.74) is 0. The number of rotatable bonds is 0. The Hall–Kier alpha value is 0.486. The summed E-state index contributed by atoms with van der Waals surface area (Å²) in [6.07, 6.45) is 4.18. The Balaban J connectivity index is -0.000000213. The van der Waals surface area contributed by atoms with E-state index in [1.807, 2.05) is 0 Å². The van der Waals surface area contributed by atoms with Crippen LogP contribution in [0.3, 0.4) is 0 Å². The van der Waals surface area contributed by atoms with Crippen molar-refractivity contribution >= 4 is 29.0 Å². The molecule has 1 aliphatic rings. The summed E-state index contributed by atoms with van der Waals surface area (Å²) in [5.74, 6) is 0.225. The van der Waals surface area contributed by atoms with Gasteiger partial charge in [-0.15, -0.1) is 0 Å². The molecule has 0 saturated carbocycles. The van der Waals surface area contributed by atoms with Gasteiger partial charge in [0.05, 0.1) is 0 Å². The van der Waals surface area contributed by atoms with Crippen LogP contribution in [0.5, 0.6) is 0 Å². The first kappa shape index (κ1) is 17.5. The van der Waals surface area contributed by atoms with E-state index in [9.17, 15) is 4.79 Å². The standard InChI is InChI=1S/C6H11NO.ClH.Mg.H3N/c8-6-4-2-1-3-5-7-6;;;/h1-5H2,(H,7,8);1H;;1H3/q;;+2;/p-1. The van der Waals surface area contributed by atoms with Gasteiger partial charge < -0.3 is 23.9 Å². The van der Waals surface area contributed by atoms with Crippen molar-refractivity contribution in [2.75, 3.05) is 6.54 Å². The van der Waals surface area contributed by atoms with Crippen LogP contribution >= 0.6 is 0 Å². The monoisotopic (exact) mass is 189 g/mol. The molecule has 1 fully saturated rings. The van der Waals surface area contributed by atoms with Gasteiger partial charge in [0.2, 0.25) is 5.91 Å². The van der Waals surface area contributed by atoms with Crippen LogP contribution in [0.1, 0.15) is 25.7 Å². The second kappa shape index (κ2) is 10.5. The van der Waals surface area contributed by atoms with Crippen molar-refractivity contribution in [1.29, 1.82) is 0 Å². The third-order valence-corrected chi connectivity index (χ3v) is 1.40. The summed E-state index contributed by atoms with van der Waals surface area (Å²) in [7, 11) is 0. The molecular weight excluding hydrogens is 176 g/mol. The number of hydrogen-bond acceptors (Lipinski definition) is 2. The third kappa shape index (κ3) is 8.39. The molecule has 0 aromatic rings. The number of carbonyl (C=O) groups excluding carboxylic acids is 1. The van der Waals surface area contributed by atoms with Crippen molar-refractivity contribution in [2.45, 2.75) is 25.7 Å². The van der Waals surface area contributed by atoms with Gasteiger partial charge in [-0.25, -0.2) is 0 Å². The second-order valence-corrected chi connectivity index (χ2v) is 2.16. The fraction of sp³-hybridized carbons (Fsp3) is 0.833. The number of amides is 1. The molecule has 0 atom stereocenters. The minimum atomic E-state index is 0. The minimum absolute atomic E-state index is 0. The van der Waals surface area contributed by atoms with E-state index in [-0.39, 0.29) is 47.5 Å². The minimum Gasteiger partial charge on any atom is -1.00 e. The average molecular weight is 190 g/mol. The zero-order chi connectivity index (χ0) is 5.82. The van der Waals surface area contributed by atoms with Gasteiger partial charge in [0.25, 0.3) is 0 Å². The normalized spacial score (nSPS) is 15.8. The van der Waals surface area contributed by atoms with E-state index in [0.717, 1.165) is 25.8 Å². The van der Waals surface area contributed by atoms with Crippen molar-refractivity contribution < 1.29 is 17.2 Å². The molecule has 3 nitrogen and oxygen atoms in total. The molecule has 1 amide bonds. The van der Waals surface area contributed by atoms with Gasteiger partial charge in [0, 0.05) is 13.0 Å². The number of nitrogens with one attached hydrogen (secondary N) is 1. The van der Waals surface area contributed by atoms with E-state index < -0.39 is 0 Å². The van der Waals surface area contributed by atoms with Crippen molar-refractivity contribution in [3.8, 4) is 0 Å². The molecule has 1 heterocycles. The molecule has 0 radical (unpaired) electrons. The molecule has 1 aliphatic heterocycles. The summed E-state index contributed by atoms with van der Waals surface area (Å²) in [5, 5.41) is 2.81. The molecule has 0 bridgehead atoms. The van der Waals surface area contributed by atoms with E-state index in [1.165, 1.54) is 6.42 Å². The summed E-state index contributed by atoms with van der Waals surface area (Å²) in [6, 6.07) is 0. The molecule has 1 rings (SSSR count). The molecule has 0 aromatic carbocycles. The Kier molecular flexibility index (Phi) is 16.7. The van der Waals surface area contributed by atoms with Gasteiger partial charge in [-0.1, -0.05) is 6.42 Å². The Morgan fingerprint density at radius 3 is 2.45 bits per heavy atom. The van der Waals surface area contributed by atoms with Crippen molar-refractivity contribution in [3.63, 3.8) is 0 Å². The van der Waals surface area contributed by atoms with Gasteiger partial charge in [-0.3, -0.25) is 4.79 Å². The Morgan fingerprint density at radius 2 is 1.82 bits per heavy atom. The third-order valence-electron chi connectivity index (χ3n) is 1.40. The SMILES string of the molecule is N.O=C1CCCCCN1.[Cl-].[Mg+2]. The molecule has 0 unspecified atom stereocenters. The summed E-state index contributed by atoms with van der Waals surface area (Å²) in [6.45, 7) is 0.888. The average Bonchev–Trinajstić information content (AvgIpc) is 1.94. The summed E-state index contributed by atoms with van der Waals surface area (Å²) < 4.78 is 0. The van der Waals surface area contributed by atoms with Crippen LogP contribution in [0.4, 0.5) is 0 Å². The van der Waals surface area contributed by atoms with Crippen LogP contribution in [0.25, 0.3) is 0 Å². The maximum absolute atomic E-state index is 10.6. The zero-order valence-corrected chi connectivity index (χ0v) is 8.91. The maximum atomic E-state index is 10.6. The van der Waals surface area contributed by atoms with E-state index >= 15 is 0 Å². The number of hydrogen-bond donors (Lipinski definition) is 2. The molecule has 5 heteroatoms. The molecule has 4 N–H and O–H groups in total. The topological polar surface area (TPSA) is 64.1 Å². The largest absolute Gasteiger partial charge is 2.00 e. The number of carbonyl (C=O) groups is 1. The Bertz CT molecular complexity index is 92.6. The van der Waals surface area contributed by atoms with Crippen LogP contribution in [-0.4, -0.2) is 35.5 Å². The predicted octanol–water partition coefficient (Wildman–Crippen LogP) is -2.54. The summed E-state index contributed by atoms with van der Waals surface area (Å²) in [4.78, 5) is 10.6. The first-order valence-electron chi connectivity index (χ1n) is 3.16. The van der Waals surface area contributed by atoms with E-state index in [1.54, 1.807) is 0 Å². The van der Waals surface area contributed by atoms with Gasteiger partial charge >= 0.3 is 23.1 Å². The first-order chi connectivity index (χ1) is 3.89. The van der Waals surface area contributed by atoms with Gasteiger partial charge in [0.1, 0.15) is 0 Å². The number of halogens is 1. The predicted molar refractivity (Wildman–Crippen MR) is 42.3 cm³/mol. The van der Waals surface area contributed by atoms with E-state index in [2.05, 4.69) is 5.32 Å². The maximum Gasteiger partial charge on any atom is 2.00 e. The summed E-state index contributed by atoms with van der Waals surface area (Å²) >= 11 is 0. The molecule has 0 spiro atoms. The second-order valence-electron chi connectivity index (χ2n) is 2.16. The van der Waals surface area contributed by atoms with Crippen molar-refractivity contribution in [1.82, 2.24) is 11.5 Å². The fourth-order valence-electron chi connectivity index (χ4n) is 0.904. The van der Waals surface area contributed by atoms with Crippen molar-refractivity contribution in [2.24, 2.45) is 0 Å². The molecule has 1 saturated heterocycles. The van der Waals surface area contributed by atoms with Crippen LogP contribution in [0.2, 0.25) is 0 Å². The van der Waals surface area contributed by atoms with Crippen LogP contribution in [-0.2, 0) is 4.79 Å². The van der Waals surface area contributed by atoms with Crippen molar-refractivity contribution in [3.05, 3.63) is 0 Å². The van der Waals surface area contributed by atoms with E-state index in [0.29, 0.717) is 0 Å². The Labute approximate surface area is 89.8 Å².